The molecule has 0 radical (unpaired) electrons. The zero-order chi connectivity index (χ0) is 25.0. The first kappa shape index (κ1) is 22.7. The number of aromatic nitrogens is 6. The molecule has 0 saturated heterocycles. The standard InChI is InChI=1S/C27H30N6O3/c1-6-33-17(9-20(31-33)16-7-8-16)10-22-26-18-12-23(35-5)19(25-14(2)32-36-15(25)3)11-21(18)29-27(26)30-24(28-22)13-34-4/h9,11-12,16H,6-8,10,13H2,1-5H3,(H,28,29,30). The van der Waals surface area contributed by atoms with Crippen molar-refractivity contribution in [3.63, 3.8) is 0 Å². The number of aromatic amines is 1. The van der Waals surface area contributed by atoms with Crippen LogP contribution >= 0.6 is 0 Å². The Bertz CT molecular complexity index is 1570. The van der Waals surface area contributed by atoms with Crippen LogP contribution in [0.5, 0.6) is 5.75 Å². The summed E-state index contributed by atoms with van der Waals surface area (Å²) in [6, 6.07) is 6.39. The first-order valence-electron chi connectivity index (χ1n) is 12.4. The fourth-order valence-corrected chi connectivity index (χ4v) is 5.15. The minimum atomic E-state index is 0.340. The predicted molar refractivity (Wildman–Crippen MR) is 136 cm³/mol. The summed E-state index contributed by atoms with van der Waals surface area (Å²) in [6.07, 6.45) is 3.11. The van der Waals surface area contributed by atoms with E-state index in [1.165, 1.54) is 18.5 Å². The fourth-order valence-electron chi connectivity index (χ4n) is 5.15. The van der Waals surface area contributed by atoms with Gasteiger partial charge in [0.05, 0.1) is 29.8 Å². The molecule has 6 rings (SSSR count). The first-order valence-corrected chi connectivity index (χ1v) is 12.4. The van der Waals surface area contributed by atoms with Crippen LogP contribution < -0.4 is 4.74 Å². The van der Waals surface area contributed by atoms with E-state index in [9.17, 15) is 0 Å². The van der Waals surface area contributed by atoms with Crippen molar-refractivity contribution in [2.24, 2.45) is 0 Å². The maximum atomic E-state index is 5.84. The molecule has 5 aromatic rings. The number of methoxy groups -OCH3 is 2. The van der Waals surface area contributed by atoms with Crippen LogP contribution in [0, 0.1) is 13.8 Å². The van der Waals surface area contributed by atoms with Crippen molar-refractivity contribution < 1.29 is 14.0 Å². The molecule has 9 heteroatoms. The maximum absolute atomic E-state index is 5.84. The van der Waals surface area contributed by atoms with Crippen LogP contribution in [-0.2, 0) is 24.3 Å². The lowest BCUT2D eigenvalue weighted by Gasteiger charge is -2.10. The van der Waals surface area contributed by atoms with Crippen LogP contribution in [0.1, 0.15) is 60.0 Å². The van der Waals surface area contributed by atoms with Crippen LogP contribution in [0.4, 0.5) is 0 Å². The van der Waals surface area contributed by atoms with E-state index in [4.69, 9.17) is 29.1 Å². The molecule has 1 aliphatic carbocycles. The molecule has 9 nitrogen and oxygen atoms in total. The third kappa shape index (κ3) is 3.74. The van der Waals surface area contributed by atoms with E-state index in [1.54, 1.807) is 14.2 Å². The van der Waals surface area contributed by atoms with E-state index >= 15 is 0 Å². The molecule has 1 aromatic carbocycles. The Morgan fingerprint density at radius 3 is 2.64 bits per heavy atom. The van der Waals surface area contributed by atoms with Gasteiger partial charge in [-0.2, -0.15) is 5.10 Å². The molecule has 0 atom stereocenters. The van der Waals surface area contributed by atoms with Gasteiger partial charge in [-0.1, -0.05) is 5.16 Å². The number of H-pyrrole nitrogens is 1. The average Bonchev–Trinajstić information content (AvgIpc) is 3.42. The van der Waals surface area contributed by atoms with Gasteiger partial charge in [0.15, 0.2) is 5.82 Å². The number of ether oxygens (including phenoxy) is 2. The summed E-state index contributed by atoms with van der Waals surface area (Å²) in [5.41, 5.74) is 7.73. The molecule has 0 unspecified atom stereocenters. The van der Waals surface area contributed by atoms with Gasteiger partial charge >= 0.3 is 0 Å². The topological polar surface area (TPSA) is 104 Å². The van der Waals surface area contributed by atoms with Crippen molar-refractivity contribution in [2.75, 3.05) is 14.2 Å². The van der Waals surface area contributed by atoms with Crippen molar-refractivity contribution >= 4 is 21.9 Å². The van der Waals surface area contributed by atoms with Crippen LogP contribution in [0.25, 0.3) is 33.1 Å². The zero-order valence-electron chi connectivity index (χ0n) is 21.3. The van der Waals surface area contributed by atoms with Crippen LogP contribution in [0.15, 0.2) is 22.7 Å². The maximum Gasteiger partial charge on any atom is 0.156 e. The quantitative estimate of drug-likeness (QED) is 0.320. The summed E-state index contributed by atoms with van der Waals surface area (Å²) in [4.78, 5) is 13.3. The van der Waals surface area contributed by atoms with E-state index in [0.717, 1.165) is 68.2 Å². The molecule has 1 fully saturated rings. The molecule has 1 N–H and O–H groups in total. The van der Waals surface area contributed by atoms with Crippen LogP contribution in [-0.4, -0.2) is 44.1 Å². The van der Waals surface area contributed by atoms with Crippen molar-refractivity contribution in [2.45, 2.75) is 59.1 Å². The van der Waals surface area contributed by atoms with E-state index in [0.29, 0.717) is 24.8 Å². The third-order valence-electron chi connectivity index (χ3n) is 6.99. The summed E-state index contributed by atoms with van der Waals surface area (Å²) < 4.78 is 18.8. The summed E-state index contributed by atoms with van der Waals surface area (Å²) in [5, 5.41) is 11.0. The van der Waals surface area contributed by atoms with Gasteiger partial charge in [0.25, 0.3) is 0 Å². The number of hydrogen-bond donors (Lipinski definition) is 1. The highest BCUT2D eigenvalue weighted by molar-refractivity contribution is 6.09. The second kappa shape index (κ2) is 8.74. The van der Waals surface area contributed by atoms with Gasteiger partial charge in [0.2, 0.25) is 0 Å². The van der Waals surface area contributed by atoms with Gasteiger partial charge in [0, 0.05) is 53.5 Å². The second-order valence-electron chi connectivity index (χ2n) is 9.49. The number of benzene rings is 1. The Labute approximate surface area is 208 Å². The molecule has 0 aliphatic heterocycles. The van der Waals surface area contributed by atoms with Gasteiger partial charge < -0.3 is 19.0 Å². The van der Waals surface area contributed by atoms with Crippen molar-refractivity contribution in [3.8, 4) is 16.9 Å². The minimum Gasteiger partial charge on any atom is -0.496 e. The van der Waals surface area contributed by atoms with Crippen molar-refractivity contribution in [1.82, 2.24) is 29.9 Å². The lowest BCUT2D eigenvalue weighted by Crippen LogP contribution is -2.07. The summed E-state index contributed by atoms with van der Waals surface area (Å²) in [7, 11) is 3.35. The molecule has 4 aromatic heterocycles. The van der Waals surface area contributed by atoms with Crippen molar-refractivity contribution in [3.05, 3.63) is 52.6 Å². The highest BCUT2D eigenvalue weighted by Crippen LogP contribution is 2.41. The Hall–Kier alpha value is -3.72. The summed E-state index contributed by atoms with van der Waals surface area (Å²) >= 11 is 0. The van der Waals surface area contributed by atoms with E-state index < -0.39 is 0 Å². The average molecular weight is 487 g/mol. The highest BCUT2D eigenvalue weighted by Gasteiger charge is 2.28. The number of rotatable bonds is 8. The smallest absolute Gasteiger partial charge is 0.156 e. The molecule has 1 saturated carbocycles. The molecule has 36 heavy (non-hydrogen) atoms. The molecule has 0 bridgehead atoms. The molecular weight excluding hydrogens is 456 g/mol. The number of hydrogen-bond acceptors (Lipinski definition) is 7. The van der Waals surface area contributed by atoms with Gasteiger partial charge in [-0.3, -0.25) is 4.68 Å². The Kier molecular flexibility index (Phi) is 5.52. The van der Waals surface area contributed by atoms with Crippen LogP contribution in [0.3, 0.4) is 0 Å². The Morgan fingerprint density at radius 1 is 1.14 bits per heavy atom. The Balaban J connectivity index is 1.55. The van der Waals surface area contributed by atoms with Gasteiger partial charge in [0.1, 0.15) is 23.8 Å². The number of fused-ring (bicyclic) bond motifs is 3. The molecule has 0 amide bonds. The normalized spacial score (nSPS) is 13.8. The summed E-state index contributed by atoms with van der Waals surface area (Å²) in [5.74, 6) is 2.75. The van der Waals surface area contributed by atoms with E-state index in [2.05, 4.69) is 39.9 Å². The number of aryl methyl sites for hydroxylation is 3. The molecular formula is C27H30N6O3. The number of nitrogens with one attached hydrogen (secondary N) is 1. The molecule has 4 heterocycles. The largest absolute Gasteiger partial charge is 0.496 e. The molecule has 1 aliphatic rings. The minimum absolute atomic E-state index is 0.340. The first-order chi connectivity index (χ1) is 17.5. The highest BCUT2D eigenvalue weighted by atomic mass is 16.5. The van der Waals surface area contributed by atoms with Crippen molar-refractivity contribution in [1.29, 1.82) is 0 Å². The monoisotopic (exact) mass is 486 g/mol. The van der Waals surface area contributed by atoms with Gasteiger partial charge in [-0.15, -0.1) is 0 Å². The fraction of sp³-hybridized carbons (Fsp3) is 0.407. The second-order valence-corrected chi connectivity index (χ2v) is 9.49. The van der Waals surface area contributed by atoms with Gasteiger partial charge in [-0.25, -0.2) is 9.97 Å². The van der Waals surface area contributed by atoms with Crippen LogP contribution in [0.2, 0.25) is 0 Å². The molecule has 0 spiro atoms. The lowest BCUT2D eigenvalue weighted by atomic mass is 10.00. The SMILES string of the molecule is CCn1nc(C2CC2)cc1Cc1nc(COC)nc2[nH]c3cc(-c4c(C)noc4C)c(OC)cc3c12. The van der Waals surface area contributed by atoms with E-state index in [-0.39, 0.29) is 0 Å². The zero-order valence-corrected chi connectivity index (χ0v) is 21.3. The summed E-state index contributed by atoms with van der Waals surface area (Å²) in [6.45, 7) is 7.15. The third-order valence-corrected chi connectivity index (χ3v) is 6.99. The predicted octanol–water partition coefficient (Wildman–Crippen LogP) is 5.22. The number of nitrogens with zero attached hydrogens (tertiary/aromatic N) is 5. The lowest BCUT2D eigenvalue weighted by molar-refractivity contribution is 0.178. The molecule has 186 valence electrons. The Morgan fingerprint density at radius 2 is 1.97 bits per heavy atom. The van der Waals surface area contributed by atoms with E-state index in [1.807, 2.05) is 13.8 Å². The van der Waals surface area contributed by atoms with Gasteiger partial charge in [-0.05, 0) is 51.8 Å².